The van der Waals surface area contributed by atoms with Crippen molar-refractivity contribution >= 4 is 98.0 Å². The lowest BCUT2D eigenvalue weighted by atomic mass is 10.00. The Hall–Kier alpha value is -7.76. The first kappa shape index (κ1) is 30.6. The Morgan fingerprint density at radius 3 is 1.89 bits per heavy atom. The van der Waals surface area contributed by atoms with E-state index in [0.29, 0.717) is 11.5 Å². The number of fused-ring (bicyclic) bond motifs is 14. The van der Waals surface area contributed by atoms with E-state index in [9.17, 15) is 0 Å². The van der Waals surface area contributed by atoms with Crippen molar-refractivity contribution in [1.29, 1.82) is 0 Å². The van der Waals surface area contributed by atoms with E-state index in [1.165, 1.54) is 43.2 Å². The van der Waals surface area contributed by atoms with Gasteiger partial charge in [0.15, 0.2) is 5.58 Å². The molecule has 4 aromatic heterocycles. The Balaban J connectivity index is 1.18. The van der Waals surface area contributed by atoms with Crippen LogP contribution in [0.25, 0.3) is 121 Å². The molecule has 5 heteroatoms. The van der Waals surface area contributed by atoms with E-state index in [2.05, 4.69) is 173 Å². The fourth-order valence-electron chi connectivity index (χ4n) is 9.41. The number of hydrogen-bond donors (Lipinski definition) is 0. The van der Waals surface area contributed by atoms with E-state index < -0.39 is 0 Å². The summed E-state index contributed by atoms with van der Waals surface area (Å²) in [6.07, 6.45) is 0. The molecule has 13 aromatic rings. The summed E-state index contributed by atoms with van der Waals surface area (Å²) in [7, 11) is 0. The number of benzene rings is 9. The summed E-state index contributed by atoms with van der Waals surface area (Å²) in [5.74, 6) is 0.599. The first-order chi connectivity index (χ1) is 28.3. The molecular formula is C52H30N4O. The van der Waals surface area contributed by atoms with Crippen LogP contribution in [-0.4, -0.2) is 19.1 Å². The zero-order chi connectivity index (χ0) is 37.2. The van der Waals surface area contributed by atoms with Gasteiger partial charge in [-0.2, -0.15) is 0 Å². The molecule has 0 radical (unpaired) electrons. The molecule has 0 saturated heterocycles. The van der Waals surface area contributed by atoms with Gasteiger partial charge in [0, 0.05) is 37.9 Å². The molecule has 0 unspecified atom stereocenters. The van der Waals surface area contributed by atoms with E-state index in [0.717, 1.165) is 66.1 Å². The van der Waals surface area contributed by atoms with Gasteiger partial charge in [0.1, 0.15) is 16.8 Å². The summed E-state index contributed by atoms with van der Waals surface area (Å²) in [5, 5.41) is 12.9. The Morgan fingerprint density at radius 1 is 0.404 bits per heavy atom. The van der Waals surface area contributed by atoms with Crippen LogP contribution in [0.5, 0.6) is 0 Å². The standard InChI is InChI=1S/C52H30N4O/c1-2-14-32-29-34(26-25-31(32)13-1)48-51-49(41-21-9-12-24-46(41)57-51)54-52(53-48)56-43-23-11-8-20-40(43)47-44(56)28-27-39-38-19-7-10-22-42(38)55(50(39)47)45-30-33-15-3-4-16-35(33)36-17-5-6-18-37(36)45/h1-30H. The molecule has 5 nitrogen and oxygen atoms in total. The number of para-hydroxylation sites is 3. The van der Waals surface area contributed by atoms with Gasteiger partial charge >= 0.3 is 0 Å². The van der Waals surface area contributed by atoms with E-state index in [1.54, 1.807) is 0 Å². The maximum Gasteiger partial charge on any atom is 0.236 e. The molecule has 0 aliphatic rings. The predicted octanol–water partition coefficient (Wildman–Crippen LogP) is 13.7. The van der Waals surface area contributed by atoms with Crippen molar-refractivity contribution in [3.63, 3.8) is 0 Å². The lowest BCUT2D eigenvalue weighted by molar-refractivity contribution is 0.666. The highest BCUT2D eigenvalue weighted by molar-refractivity contribution is 6.27. The molecule has 264 valence electrons. The number of aromatic nitrogens is 4. The maximum absolute atomic E-state index is 6.58. The van der Waals surface area contributed by atoms with Gasteiger partial charge in [0.2, 0.25) is 5.95 Å². The number of hydrogen-bond acceptors (Lipinski definition) is 3. The molecule has 0 fully saturated rings. The number of furan rings is 1. The highest BCUT2D eigenvalue weighted by Crippen LogP contribution is 2.44. The molecule has 0 amide bonds. The van der Waals surface area contributed by atoms with Crippen LogP contribution in [0.1, 0.15) is 0 Å². The molecule has 0 aliphatic carbocycles. The zero-order valence-corrected chi connectivity index (χ0v) is 30.5. The Morgan fingerprint density at radius 2 is 1.05 bits per heavy atom. The smallest absolute Gasteiger partial charge is 0.236 e. The van der Waals surface area contributed by atoms with Crippen LogP contribution in [0.4, 0.5) is 0 Å². The van der Waals surface area contributed by atoms with Gasteiger partial charge in [-0.15, -0.1) is 0 Å². The van der Waals surface area contributed by atoms with Crippen molar-refractivity contribution in [3.05, 3.63) is 182 Å². The van der Waals surface area contributed by atoms with Gasteiger partial charge in [-0.1, -0.05) is 140 Å². The summed E-state index contributed by atoms with van der Waals surface area (Å²) < 4.78 is 11.3. The quantitative estimate of drug-likeness (QED) is 0.170. The van der Waals surface area contributed by atoms with Crippen LogP contribution in [0, 0.1) is 0 Å². The van der Waals surface area contributed by atoms with Crippen LogP contribution < -0.4 is 0 Å². The largest absolute Gasteiger partial charge is 0.452 e. The SMILES string of the molecule is c1ccc2cc(-c3nc(-n4c5ccccc5c5c4ccc4c6ccccc6n(-c6cc7ccccc7c7ccccc67)c45)nc4c3oc3ccccc34)ccc2c1. The minimum absolute atomic E-state index is 0.599. The molecule has 0 bridgehead atoms. The summed E-state index contributed by atoms with van der Waals surface area (Å²) in [4.78, 5) is 10.8. The van der Waals surface area contributed by atoms with E-state index in [-0.39, 0.29) is 0 Å². The average molecular weight is 727 g/mol. The van der Waals surface area contributed by atoms with E-state index in [4.69, 9.17) is 14.4 Å². The van der Waals surface area contributed by atoms with E-state index >= 15 is 0 Å². The van der Waals surface area contributed by atoms with Crippen LogP contribution in [0.15, 0.2) is 186 Å². The van der Waals surface area contributed by atoms with Gasteiger partial charge in [-0.05, 0) is 69.4 Å². The molecule has 4 heterocycles. The first-order valence-electron chi connectivity index (χ1n) is 19.3. The summed E-state index contributed by atoms with van der Waals surface area (Å²) in [6, 6.07) is 64.9. The van der Waals surface area contributed by atoms with Crippen LogP contribution >= 0.6 is 0 Å². The van der Waals surface area contributed by atoms with Crippen molar-refractivity contribution in [2.24, 2.45) is 0 Å². The summed E-state index contributed by atoms with van der Waals surface area (Å²) >= 11 is 0. The Bertz CT molecular complexity index is 3830. The third-order valence-electron chi connectivity index (χ3n) is 11.9. The molecular weight excluding hydrogens is 697 g/mol. The highest BCUT2D eigenvalue weighted by atomic mass is 16.3. The maximum atomic E-state index is 6.58. The molecule has 0 aliphatic heterocycles. The second-order valence-corrected chi connectivity index (χ2v) is 14.9. The minimum Gasteiger partial charge on any atom is -0.452 e. The normalized spacial score (nSPS) is 12.2. The monoisotopic (exact) mass is 726 g/mol. The van der Waals surface area contributed by atoms with E-state index in [1.807, 2.05) is 18.2 Å². The molecule has 57 heavy (non-hydrogen) atoms. The highest BCUT2D eigenvalue weighted by Gasteiger charge is 2.25. The van der Waals surface area contributed by atoms with Crippen LogP contribution in [0.3, 0.4) is 0 Å². The second-order valence-electron chi connectivity index (χ2n) is 14.9. The van der Waals surface area contributed by atoms with Gasteiger partial charge in [-0.25, -0.2) is 9.97 Å². The number of rotatable bonds is 3. The van der Waals surface area contributed by atoms with Crippen molar-refractivity contribution in [3.8, 4) is 22.9 Å². The number of nitrogens with zero attached hydrogens (tertiary/aromatic N) is 4. The van der Waals surface area contributed by atoms with Gasteiger partial charge < -0.3 is 8.98 Å². The lowest BCUT2D eigenvalue weighted by Gasteiger charge is -2.15. The summed E-state index contributed by atoms with van der Waals surface area (Å²) in [6.45, 7) is 0. The Labute approximate surface area is 325 Å². The van der Waals surface area contributed by atoms with Gasteiger partial charge in [0.25, 0.3) is 0 Å². The van der Waals surface area contributed by atoms with Gasteiger partial charge in [0.05, 0.1) is 27.8 Å². The Kier molecular flexibility index (Phi) is 6.10. The van der Waals surface area contributed by atoms with Crippen molar-refractivity contribution in [2.75, 3.05) is 0 Å². The first-order valence-corrected chi connectivity index (χ1v) is 19.3. The minimum atomic E-state index is 0.599. The van der Waals surface area contributed by atoms with Crippen LogP contribution in [0.2, 0.25) is 0 Å². The molecule has 0 spiro atoms. The van der Waals surface area contributed by atoms with Gasteiger partial charge in [-0.3, -0.25) is 4.57 Å². The molecule has 0 saturated carbocycles. The molecule has 0 N–H and O–H groups in total. The predicted molar refractivity (Wildman–Crippen MR) is 236 cm³/mol. The fourth-order valence-corrected chi connectivity index (χ4v) is 9.41. The summed E-state index contributed by atoms with van der Waals surface area (Å²) in [5.41, 5.74) is 9.56. The average Bonchev–Trinajstić information content (AvgIpc) is 3.93. The fraction of sp³-hybridized carbons (Fsp3) is 0. The molecule has 9 aromatic carbocycles. The lowest BCUT2D eigenvalue weighted by Crippen LogP contribution is -2.03. The third-order valence-corrected chi connectivity index (χ3v) is 11.9. The van der Waals surface area contributed by atoms with Crippen LogP contribution in [-0.2, 0) is 0 Å². The van der Waals surface area contributed by atoms with Crippen molar-refractivity contribution < 1.29 is 4.42 Å². The third kappa shape index (κ3) is 4.23. The van der Waals surface area contributed by atoms with Crippen molar-refractivity contribution in [1.82, 2.24) is 19.1 Å². The van der Waals surface area contributed by atoms with Crippen molar-refractivity contribution in [2.45, 2.75) is 0 Å². The zero-order valence-electron chi connectivity index (χ0n) is 30.5. The second kappa shape index (κ2) is 11.4. The molecule has 13 rings (SSSR count). The topological polar surface area (TPSA) is 48.8 Å². The molecule has 0 atom stereocenters.